The fourth-order valence-electron chi connectivity index (χ4n) is 5.77. The first-order chi connectivity index (χ1) is 17.5. The van der Waals surface area contributed by atoms with E-state index in [0.717, 1.165) is 41.1 Å². The monoisotopic (exact) mass is 525 g/mol. The van der Waals surface area contributed by atoms with Gasteiger partial charge >= 0.3 is 0 Å². The van der Waals surface area contributed by atoms with Gasteiger partial charge in [0.1, 0.15) is 5.69 Å². The number of sulfone groups is 1. The maximum Gasteiger partial charge on any atom is 0.264 e. The molecule has 2 heterocycles. The normalized spacial score (nSPS) is 22.3. The summed E-state index contributed by atoms with van der Waals surface area (Å²) in [6, 6.07) is 11.0. The minimum absolute atomic E-state index is 0.00730. The molecule has 1 atom stereocenters. The summed E-state index contributed by atoms with van der Waals surface area (Å²) in [4.78, 5) is 24.7. The second kappa shape index (κ2) is 9.21. The van der Waals surface area contributed by atoms with Gasteiger partial charge in [-0.15, -0.1) is 5.10 Å². The van der Waals surface area contributed by atoms with Crippen molar-refractivity contribution in [2.75, 3.05) is 6.26 Å². The van der Waals surface area contributed by atoms with Crippen LogP contribution in [0, 0.1) is 11.3 Å². The zero-order chi connectivity index (χ0) is 26.4. The Labute approximate surface area is 215 Å². The summed E-state index contributed by atoms with van der Waals surface area (Å²) in [5.41, 5.74) is 4.85. The van der Waals surface area contributed by atoms with Crippen LogP contribution in [0.5, 0.6) is 0 Å². The van der Waals surface area contributed by atoms with Crippen LogP contribution in [0.1, 0.15) is 39.0 Å². The SMILES string of the molecule is CC(CCn1ccc(-c2ccc(-c3cn(CC45CCC(C4)C5)nn3)cc2)cc1=O)(C(=O)NO)S(C)(=O)=O. The van der Waals surface area contributed by atoms with Crippen LogP contribution in [0.4, 0.5) is 0 Å². The standard InChI is InChI=1S/C26H31N5O5S/c1-25(24(33)28-34,37(2,35)36)10-12-30-11-8-21(13-23(30)32)19-3-5-20(6-4-19)22-16-31(29-27-22)17-26-9-7-18(14-26)15-26/h3-6,8,11,13,16,18,34H,7,9-10,12,14-15,17H2,1-2H3,(H,28,33). The van der Waals surface area contributed by atoms with Gasteiger partial charge in [-0.3, -0.25) is 19.5 Å². The van der Waals surface area contributed by atoms with Crippen LogP contribution < -0.4 is 11.0 Å². The molecule has 3 aliphatic rings. The molecule has 2 bridgehead atoms. The van der Waals surface area contributed by atoms with E-state index in [1.54, 1.807) is 12.3 Å². The largest absolute Gasteiger partial charge is 0.315 e. The minimum Gasteiger partial charge on any atom is -0.315 e. The smallest absolute Gasteiger partial charge is 0.264 e. The number of nitrogens with zero attached hydrogens (tertiary/aromatic N) is 4. The van der Waals surface area contributed by atoms with Gasteiger partial charge in [-0.2, -0.15) is 0 Å². The maximum absolute atomic E-state index is 12.7. The van der Waals surface area contributed by atoms with Crippen molar-refractivity contribution in [2.45, 2.75) is 56.9 Å². The first-order valence-electron chi connectivity index (χ1n) is 12.4. The van der Waals surface area contributed by atoms with E-state index in [4.69, 9.17) is 5.21 Å². The van der Waals surface area contributed by atoms with E-state index in [1.165, 1.54) is 48.7 Å². The number of benzene rings is 1. The second-order valence-electron chi connectivity index (χ2n) is 10.8. The predicted octanol–water partition coefficient (Wildman–Crippen LogP) is 2.66. The molecule has 2 aromatic heterocycles. The van der Waals surface area contributed by atoms with Crippen molar-refractivity contribution in [1.82, 2.24) is 25.0 Å². The number of hydrogen-bond acceptors (Lipinski definition) is 7. The fraction of sp³-hybridized carbons (Fsp3) is 0.462. The number of fused-ring (bicyclic) bond motifs is 1. The third kappa shape index (κ3) is 4.73. The lowest BCUT2D eigenvalue weighted by Gasteiger charge is -2.38. The number of aromatic nitrogens is 4. The van der Waals surface area contributed by atoms with Crippen molar-refractivity contribution < 1.29 is 18.4 Å². The van der Waals surface area contributed by atoms with Crippen molar-refractivity contribution in [3.8, 4) is 22.4 Å². The number of nitrogens with one attached hydrogen (secondary N) is 1. The van der Waals surface area contributed by atoms with Crippen LogP contribution in [0.15, 0.2) is 53.6 Å². The summed E-state index contributed by atoms with van der Waals surface area (Å²) in [7, 11) is -3.84. The third-order valence-electron chi connectivity index (χ3n) is 8.30. The lowest BCUT2D eigenvalue weighted by atomic mass is 9.70. The van der Waals surface area contributed by atoms with Crippen molar-refractivity contribution in [3.63, 3.8) is 0 Å². The van der Waals surface area contributed by atoms with Crippen LogP contribution in [0.2, 0.25) is 0 Å². The van der Waals surface area contributed by atoms with E-state index < -0.39 is 20.5 Å². The molecule has 0 radical (unpaired) electrons. The Morgan fingerprint density at radius 3 is 2.49 bits per heavy atom. The van der Waals surface area contributed by atoms with Gasteiger partial charge < -0.3 is 4.57 Å². The van der Waals surface area contributed by atoms with E-state index in [2.05, 4.69) is 10.3 Å². The van der Waals surface area contributed by atoms with Crippen LogP contribution in [-0.4, -0.2) is 50.1 Å². The topological polar surface area (TPSA) is 136 Å². The first-order valence-corrected chi connectivity index (χ1v) is 14.3. The molecule has 0 aliphatic heterocycles. The van der Waals surface area contributed by atoms with Crippen LogP contribution in [-0.2, 0) is 27.7 Å². The Morgan fingerprint density at radius 1 is 1.19 bits per heavy atom. The lowest BCUT2D eigenvalue weighted by molar-refractivity contribution is -0.131. The average Bonchev–Trinajstić information content (AvgIpc) is 3.58. The van der Waals surface area contributed by atoms with Crippen LogP contribution in [0.3, 0.4) is 0 Å². The summed E-state index contributed by atoms with van der Waals surface area (Å²) >= 11 is 0. The Morgan fingerprint density at radius 2 is 1.89 bits per heavy atom. The maximum atomic E-state index is 12.7. The van der Waals surface area contributed by atoms with Crippen molar-refractivity contribution >= 4 is 15.7 Å². The lowest BCUT2D eigenvalue weighted by Crippen LogP contribution is -2.49. The Balaban J connectivity index is 1.27. The molecule has 6 rings (SSSR count). The summed E-state index contributed by atoms with van der Waals surface area (Å²) in [6.07, 6.45) is 9.58. The number of carbonyl (C=O) groups is 1. The van der Waals surface area contributed by atoms with Gasteiger partial charge in [0.05, 0.1) is 6.20 Å². The molecule has 1 amide bonds. The number of amides is 1. The number of pyridine rings is 1. The molecule has 1 aromatic carbocycles. The molecule has 11 heteroatoms. The van der Waals surface area contributed by atoms with Gasteiger partial charge in [-0.1, -0.05) is 29.5 Å². The van der Waals surface area contributed by atoms with Crippen molar-refractivity contribution in [1.29, 1.82) is 0 Å². The Bertz CT molecular complexity index is 1480. The number of aryl methyl sites for hydroxylation is 1. The van der Waals surface area contributed by atoms with Crippen molar-refractivity contribution in [3.05, 3.63) is 59.1 Å². The molecule has 0 saturated heterocycles. The summed E-state index contributed by atoms with van der Waals surface area (Å²) in [6.45, 7) is 2.15. The summed E-state index contributed by atoms with van der Waals surface area (Å²) in [5.74, 6) is -0.118. The molecular weight excluding hydrogens is 494 g/mol. The van der Waals surface area contributed by atoms with Gasteiger partial charge in [0.25, 0.3) is 11.5 Å². The van der Waals surface area contributed by atoms with Gasteiger partial charge in [0.15, 0.2) is 14.6 Å². The number of hydrogen-bond donors (Lipinski definition) is 2. The highest BCUT2D eigenvalue weighted by Gasteiger charge is 2.50. The highest BCUT2D eigenvalue weighted by Crippen LogP contribution is 2.59. The second-order valence-corrected chi connectivity index (χ2v) is 13.3. The number of rotatable bonds is 9. The molecule has 196 valence electrons. The summed E-state index contributed by atoms with van der Waals surface area (Å²) in [5, 5.41) is 17.7. The summed E-state index contributed by atoms with van der Waals surface area (Å²) < 4.78 is 25.7. The Kier molecular flexibility index (Phi) is 6.31. The van der Waals surface area contributed by atoms with Crippen LogP contribution in [0.25, 0.3) is 22.4 Å². The van der Waals surface area contributed by atoms with E-state index in [-0.39, 0.29) is 18.5 Å². The number of hydroxylamine groups is 1. The molecule has 2 N–H and O–H groups in total. The van der Waals surface area contributed by atoms with Gasteiger partial charge in [0, 0.05) is 37.2 Å². The zero-order valence-corrected chi connectivity index (χ0v) is 21.7. The molecule has 0 spiro atoms. The minimum atomic E-state index is -3.84. The van der Waals surface area contributed by atoms with Gasteiger partial charge in [0.2, 0.25) is 0 Å². The van der Waals surface area contributed by atoms with Crippen LogP contribution >= 0.6 is 0 Å². The predicted molar refractivity (Wildman–Crippen MR) is 137 cm³/mol. The van der Waals surface area contributed by atoms with E-state index >= 15 is 0 Å². The molecule has 3 fully saturated rings. The van der Waals surface area contributed by atoms with E-state index in [0.29, 0.717) is 5.41 Å². The van der Waals surface area contributed by atoms with E-state index in [9.17, 15) is 18.0 Å². The van der Waals surface area contributed by atoms with E-state index in [1.807, 2.05) is 35.1 Å². The van der Waals surface area contributed by atoms with Crippen molar-refractivity contribution in [2.24, 2.45) is 11.3 Å². The molecule has 3 aliphatic carbocycles. The van der Waals surface area contributed by atoms with Gasteiger partial charge in [-0.25, -0.2) is 13.9 Å². The molecule has 10 nitrogen and oxygen atoms in total. The highest BCUT2D eigenvalue weighted by molar-refractivity contribution is 7.92. The van der Waals surface area contributed by atoms with Gasteiger partial charge in [-0.05, 0) is 67.6 Å². The third-order valence-corrected chi connectivity index (χ3v) is 10.3. The molecule has 3 aromatic rings. The molecule has 37 heavy (non-hydrogen) atoms. The quantitative estimate of drug-likeness (QED) is 0.324. The highest BCUT2D eigenvalue weighted by atomic mass is 32.2. The Hall–Kier alpha value is -3.31. The molecule has 3 saturated carbocycles. The first kappa shape index (κ1) is 25.3. The molecule has 1 unspecified atom stereocenters. The zero-order valence-electron chi connectivity index (χ0n) is 20.9. The number of carbonyl (C=O) groups excluding carboxylic acids is 1. The average molecular weight is 526 g/mol. The fourth-order valence-corrected chi connectivity index (χ4v) is 6.61. The molecular formula is C26H31N5O5S.